The first kappa shape index (κ1) is 15.0. The summed E-state index contributed by atoms with van der Waals surface area (Å²) < 4.78 is 11.9. The second kappa shape index (κ2) is 5.20. The Kier molecular flexibility index (Phi) is 3.91. The van der Waals surface area contributed by atoms with Crippen LogP contribution in [0, 0.1) is 0 Å². The number of aldehydes is 1. The first-order valence-electron chi connectivity index (χ1n) is 6.69. The lowest BCUT2D eigenvalue weighted by Crippen LogP contribution is -2.41. The van der Waals surface area contributed by atoms with Crippen molar-refractivity contribution in [3.05, 3.63) is 29.0 Å². The molecule has 108 valence electrons. The summed E-state index contributed by atoms with van der Waals surface area (Å²) in [6.45, 7) is 8.34. The van der Waals surface area contributed by atoms with Crippen LogP contribution < -0.4 is 5.73 Å². The van der Waals surface area contributed by atoms with Gasteiger partial charge in [0.25, 0.3) is 0 Å². The summed E-state index contributed by atoms with van der Waals surface area (Å²) >= 11 is 0. The van der Waals surface area contributed by atoms with Crippen LogP contribution in [0.25, 0.3) is 6.08 Å². The zero-order valence-electron chi connectivity index (χ0n) is 12.4. The van der Waals surface area contributed by atoms with Crippen molar-refractivity contribution in [1.82, 2.24) is 4.98 Å². The van der Waals surface area contributed by atoms with Gasteiger partial charge in [-0.3, -0.25) is 4.79 Å². The number of carbonyl (C=O) groups excluding carboxylic acids is 1. The minimum Gasteiger partial charge on any atom is -0.400 e. The molecule has 2 heterocycles. The minimum absolute atomic E-state index is 0.332. The Hall–Kier alpha value is -1.37. The van der Waals surface area contributed by atoms with Gasteiger partial charge in [0, 0.05) is 12.7 Å². The number of hydrogen-bond acceptors (Lipinski definition) is 4. The highest BCUT2D eigenvalue weighted by atomic mass is 16.7. The van der Waals surface area contributed by atoms with Crippen LogP contribution in [0.2, 0.25) is 0 Å². The van der Waals surface area contributed by atoms with E-state index in [0.29, 0.717) is 12.2 Å². The number of nitrogens with two attached hydrogens (primary N) is 1. The van der Waals surface area contributed by atoms with Crippen molar-refractivity contribution >= 4 is 19.5 Å². The van der Waals surface area contributed by atoms with E-state index in [0.717, 1.165) is 17.3 Å². The van der Waals surface area contributed by atoms with E-state index in [-0.39, 0.29) is 0 Å². The van der Waals surface area contributed by atoms with Gasteiger partial charge in [-0.05, 0) is 44.8 Å². The standard InChI is InChI=1S/C14H21BN2O3/c1-13(2)14(3,4)20-15(19-13)11(7-16)5-10-6-12(9-18)17-8-10/h5-6,8-9,17H,7,16H2,1-4H3. The molecule has 1 aliphatic heterocycles. The van der Waals surface area contributed by atoms with Crippen molar-refractivity contribution in [2.24, 2.45) is 5.73 Å². The molecular formula is C14H21BN2O3. The lowest BCUT2D eigenvalue weighted by Gasteiger charge is -2.32. The SMILES string of the molecule is CC1(C)OB(C(=Cc2c[nH]c(C=O)c2)CN)OC1(C)C. The first-order valence-corrected chi connectivity index (χ1v) is 6.69. The van der Waals surface area contributed by atoms with Crippen LogP contribution in [0.5, 0.6) is 0 Å². The molecule has 0 unspecified atom stereocenters. The van der Waals surface area contributed by atoms with Crippen molar-refractivity contribution < 1.29 is 14.1 Å². The van der Waals surface area contributed by atoms with Gasteiger partial charge in [0.2, 0.25) is 0 Å². The third kappa shape index (κ3) is 2.72. The molecule has 0 spiro atoms. The summed E-state index contributed by atoms with van der Waals surface area (Å²) in [5, 5.41) is 0. The number of aromatic nitrogens is 1. The fourth-order valence-corrected chi connectivity index (χ4v) is 2.01. The second-order valence-corrected chi connectivity index (χ2v) is 6.02. The number of nitrogens with one attached hydrogen (secondary N) is 1. The van der Waals surface area contributed by atoms with E-state index in [4.69, 9.17) is 15.0 Å². The molecule has 1 fully saturated rings. The van der Waals surface area contributed by atoms with Crippen LogP contribution >= 0.6 is 0 Å². The van der Waals surface area contributed by atoms with Crippen LogP contribution in [0.1, 0.15) is 43.7 Å². The van der Waals surface area contributed by atoms with Crippen molar-refractivity contribution in [2.75, 3.05) is 6.54 Å². The quantitative estimate of drug-likeness (QED) is 0.649. The van der Waals surface area contributed by atoms with Crippen LogP contribution in [0.3, 0.4) is 0 Å². The summed E-state index contributed by atoms with van der Waals surface area (Å²) in [5.41, 5.74) is 7.28. The van der Waals surface area contributed by atoms with Crippen molar-refractivity contribution in [3.63, 3.8) is 0 Å². The molecule has 2 rings (SSSR count). The predicted molar refractivity (Wildman–Crippen MR) is 79.3 cm³/mol. The Bertz CT molecular complexity index is 518. The topological polar surface area (TPSA) is 77.3 Å². The van der Waals surface area contributed by atoms with Gasteiger partial charge in [0.15, 0.2) is 6.29 Å². The molecule has 1 aromatic heterocycles. The Morgan fingerprint density at radius 3 is 2.40 bits per heavy atom. The lowest BCUT2D eigenvalue weighted by atomic mass is 9.77. The largest absolute Gasteiger partial charge is 0.491 e. The second-order valence-electron chi connectivity index (χ2n) is 6.02. The number of rotatable bonds is 4. The lowest BCUT2D eigenvalue weighted by molar-refractivity contribution is 0.00578. The molecule has 0 atom stereocenters. The fraction of sp³-hybridized carbons (Fsp3) is 0.500. The molecule has 1 saturated heterocycles. The molecular weight excluding hydrogens is 255 g/mol. The monoisotopic (exact) mass is 276 g/mol. The molecule has 6 heteroatoms. The maximum absolute atomic E-state index is 10.7. The number of H-pyrrole nitrogens is 1. The summed E-state index contributed by atoms with van der Waals surface area (Å²) in [7, 11) is -0.459. The number of aromatic amines is 1. The van der Waals surface area contributed by atoms with Gasteiger partial charge in [0.05, 0.1) is 16.9 Å². The molecule has 0 aliphatic carbocycles. The first-order chi connectivity index (χ1) is 9.29. The maximum atomic E-state index is 10.7. The summed E-state index contributed by atoms with van der Waals surface area (Å²) in [4.78, 5) is 13.5. The Morgan fingerprint density at radius 2 is 1.95 bits per heavy atom. The van der Waals surface area contributed by atoms with Crippen molar-refractivity contribution in [2.45, 2.75) is 38.9 Å². The van der Waals surface area contributed by atoms with Gasteiger partial charge in [-0.2, -0.15) is 0 Å². The van der Waals surface area contributed by atoms with Crippen LogP contribution in [-0.2, 0) is 9.31 Å². The molecule has 0 radical (unpaired) electrons. The van der Waals surface area contributed by atoms with Gasteiger partial charge in [-0.25, -0.2) is 0 Å². The van der Waals surface area contributed by atoms with E-state index in [1.165, 1.54) is 0 Å². The number of carbonyl (C=O) groups is 1. The van der Waals surface area contributed by atoms with Crippen molar-refractivity contribution in [1.29, 1.82) is 0 Å². The minimum atomic E-state index is -0.459. The van der Waals surface area contributed by atoms with Crippen molar-refractivity contribution in [3.8, 4) is 0 Å². The maximum Gasteiger partial charge on any atom is 0.491 e. The summed E-state index contributed by atoms with van der Waals surface area (Å²) in [5.74, 6) is 0. The van der Waals surface area contributed by atoms with Crippen LogP contribution in [0.15, 0.2) is 17.7 Å². The van der Waals surface area contributed by atoms with E-state index < -0.39 is 18.3 Å². The van der Waals surface area contributed by atoms with Crippen LogP contribution in [0.4, 0.5) is 0 Å². The highest BCUT2D eigenvalue weighted by molar-refractivity contribution is 6.55. The zero-order valence-corrected chi connectivity index (χ0v) is 12.4. The Labute approximate surface area is 119 Å². The van der Waals surface area contributed by atoms with E-state index in [2.05, 4.69) is 4.98 Å². The molecule has 1 aromatic rings. The summed E-state index contributed by atoms with van der Waals surface area (Å²) in [6.07, 6.45) is 4.42. The molecule has 0 bridgehead atoms. The van der Waals surface area contributed by atoms with Crippen LogP contribution in [-0.4, -0.2) is 36.1 Å². The third-order valence-electron chi connectivity index (χ3n) is 4.00. The average Bonchev–Trinajstić information content (AvgIpc) is 2.89. The Morgan fingerprint density at radius 1 is 1.35 bits per heavy atom. The molecule has 20 heavy (non-hydrogen) atoms. The highest BCUT2D eigenvalue weighted by Crippen LogP contribution is 2.38. The normalized spacial score (nSPS) is 21.2. The van der Waals surface area contributed by atoms with Gasteiger partial charge < -0.3 is 20.0 Å². The predicted octanol–water partition coefficient (Wildman–Crippen LogP) is 1.80. The number of hydrogen-bond donors (Lipinski definition) is 2. The fourth-order valence-electron chi connectivity index (χ4n) is 2.01. The third-order valence-corrected chi connectivity index (χ3v) is 4.00. The molecule has 0 saturated carbocycles. The smallest absolute Gasteiger partial charge is 0.400 e. The molecule has 0 aromatic carbocycles. The van der Waals surface area contributed by atoms with E-state index in [9.17, 15) is 4.79 Å². The van der Waals surface area contributed by atoms with Gasteiger partial charge in [-0.15, -0.1) is 0 Å². The van der Waals surface area contributed by atoms with Gasteiger partial charge >= 0.3 is 7.12 Å². The van der Waals surface area contributed by atoms with E-state index in [1.807, 2.05) is 33.8 Å². The molecule has 5 nitrogen and oxygen atoms in total. The highest BCUT2D eigenvalue weighted by Gasteiger charge is 2.52. The van der Waals surface area contributed by atoms with E-state index >= 15 is 0 Å². The molecule has 0 amide bonds. The Balaban J connectivity index is 2.23. The average molecular weight is 276 g/mol. The summed E-state index contributed by atoms with van der Waals surface area (Å²) in [6, 6.07) is 1.76. The van der Waals surface area contributed by atoms with Gasteiger partial charge in [-0.1, -0.05) is 6.08 Å². The molecule has 1 aliphatic rings. The van der Waals surface area contributed by atoms with E-state index in [1.54, 1.807) is 12.3 Å². The zero-order chi connectivity index (χ0) is 15.0. The molecule has 3 N–H and O–H groups in total. The van der Waals surface area contributed by atoms with Gasteiger partial charge in [0.1, 0.15) is 0 Å².